The highest BCUT2D eigenvalue weighted by molar-refractivity contribution is 7.12. The molecule has 7 heteroatoms. The van der Waals surface area contributed by atoms with E-state index in [9.17, 15) is 9.90 Å². The third kappa shape index (κ3) is 4.53. The lowest BCUT2D eigenvalue weighted by Crippen LogP contribution is -2.66. The predicted molar refractivity (Wildman–Crippen MR) is 128 cm³/mol. The van der Waals surface area contributed by atoms with Gasteiger partial charge in [-0.25, -0.2) is 0 Å². The molecule has 0 spiro atoms. The summed E-state index contributed by atoms with van der Waals surface area (Å²) in [5, 5.41) is 17.6. The average Bonchev–Trinajstić information content (AvgIpc) is 3.59. The van der Waals surface area contributed by atoms with Crippen molar-refractivity contribution in [3.63, 3.8) is 0 Å². The molecule has 3 fully saturated rings. The Hall–Kier alpha value is -2.03. The van der Waals surface area contributed by atoms with Crippen LogP contribution in [0.4, 0.5) is 0 Å². The number of ether oxygens (including phenoxy) is 2. The van der Waals surface area contributed by atoms with E-state index in [1.165, 1.54) is 28.2 Å². The summed E-state index contributed by atoms with van der Waals surface area (Å²) in [6.07, 6.45) is 2.42. The van der Waals surface area contributed by atoms with E-state index in [1.54, 1.807) is 12.1 Å². The fourth-order valence-electron chi connectivity index (χ4n) is 5.09. The molecule has 0 unspecified atom stereocenters. The van der Waals surface area contributed by atoms with E-state index in [-0.39, 0.29) is 0 Å². The first-order chi connectivity index (χ1) is 16.0. The normalized spacial score (nSPS) is 24.6. The van der Waals surface area contributed by atoms with Crippen LogP contribution in [0.2, 0.25) is 0 Å². The minimum atomic E-state index is -1.98. The van der Waals surface area contributed by atoms with Gasteiger partial charge in [0.05, 0.1) is 38.4 Å². The summed E-state index contributed by atoms with van der Waals surface area (Å²) in [5.74, 6) is -0.652. The molecule has 0 N–H and O–H groups in total. The lowest BCUT2D eigenvalue weighted by Gasteiger charge is -2.54. The van der Waals surface area contributed by atoms with Crippen molar-refractivity contribution in [1.82, 2.24) is 0 Å². The van der Waals surface area contributed by atoms with Gasteiger partial charge in [-0.05, 0) is 28.5 Å². The largest absolute Gasteiger partial charge is 0.833 e. The summed E-state index contributed by atoms with van der Waals surface area (Å²) in [5.41, 5.74) is -1.30. The molecule has 174 valence electrons. The molecular formula is C26H29NO4S2. The van der Waals surface area contributed by atoms with Crippen molar-refractivity contribution < 1.29 is 23.9 Å². The number of esters is 1. The van der Waals surface area contributed by atoms with Gasteiger partial charge in [0, 0.05) is 29.0 Å². The number of fused-ring (bicyclic) bond motifs is 3. The standard InChI is InChI=1S/C26H29NO4S2/c28-24(26(29,22-8-4-18-32-22)23-9-5-19-33-23)31-25-10-13-27(14-11-25,15-12-25)16-17-30-20-21-6-2-1-3-7-21/h1-9,18-19H,10-17,20H2. The van der Waals surface area contributed by atoms with Crippen molar-refractivity contribution >= 4 is 28.6 Å². The Morgan fingerprint density at radius 2 is 1.55 bits per heavy atom. The molecule has 0 saturated carbocycles. The molecule has 0 aliphatic carbocycles. The molecule has 0 atom stereocenters. The number of carbonyl (C=O) groups excluding carboxylic acids is 1. The topological polar surface area (TPSA) is 58.6 Å². The van der Waals surface area contributed by atoms with Crippen molar-refractivity contribution in [2.75, 3.05) is 32.8 Å². The lowest BCUT2D eigenvalue weighted by molar-refractivity contribution is -0.945. The summed E-state index contributed by atoms with van der Waals surface area (Å²) >= 11 is 2.64. The number of piperidine rings is 3. The lowest BCUT2D eigenvalue weighted by atomic mass is 9.80. The predicted octanol–water partition coefficient (Wildman–Crippen LogP) is 3.93. The van der Waals surface area contributed by atoms with Gasteiger partial charge in [-0.2, -0.15) is 0 Å². The van der Waals surface area contributed by atoms with Crippen LogP contribution in [0.15, 0.2) is 65.4 Å². The number of nitrogens with zero attached hydrogens (tertiary/aromatic N) is 1. The molecule has 5 heterocycles. The van der Waals surface area contributed by atoms with E-state index in [1.807, 2.05) is 41.1 Å². The van der Waals surface area contributed by atoms with Crippen molar-refractivity contribution in [2.24, 2.45) is 0 Å². The maximum atomic E-state index is 14.0. The summed E-state index contributed by atoms with van der Waals surface area (Å²) < 4.78 is 13.1. The second kappa shape index (κ2) is 9.31. The molecule has 3 aliphatic rings. The molecule has 3 saturated heterocycles. The van der Waals surface area contributed by atoms with Gasteiger partial charge in [-0.15, -0.1) is 22.7 Å². The van der Waals surface area contributed by atoms with Crippen molar-refractivity contribution in [1.29, 1.82) is 0 Å². The monoisotopic (exact) mass is 483 g/mol. The second-order valence-corrected chi connectivity index (χ2v) is 11.1. The van der Waals surface area contributed by atoms with Gasteiger partial charge >= 0.3 is 5.97 Å². The van der Waals surface area contributed by atoms with Crippen molar-refractivity contribution in [3.8, 4) is 0 Å². The number of hydrogen-bond acceptors (Lipinski definition) is 6. The first kappa shape index (κ1) is 22.7. The Labute approximate surface area is 202 Å². The van der Waals surface area contributed by atoms with Crippen LogP contribution < -0.4 is 5.11 Å². The molecule has 2 bridgehead atoms. The van der Waals surface area contributed by atoms with Crippen LogP contribution in [-0.2, 0) is 26.5 Å². The summed E-state index contributed by atoms with van der Waals surface area (Å²) in [4.78, 5) is 14.4. The fraction of sp³-hybridized carbons (Fsp3) is 0.423. The van der Waals surface area contributed by atoms with Crippen LogP contribution in [-0.4, -0.2) is 48.8 Å². The fourth-order valence-corrected chi connectivity index (χ4v) is 6.80. The minimum absolute atomic E-state index is 0.499. The Morgan fingerprint density at radius 3 is 2.09 bits per heavy atom. The maximum absolute atomic E-state index is 14.0. The Bertz CT molecular complexity index is 991. The van der Waals surface area contributed by atoms with E-state index in [2.05, 4.69) is 12.1 Å². The van der Waals surface area contributed by atoms with Crippen LogP contribution >= 0.6 is 22.7 Å². The summed E-state index contributed by atoms with van der Waals surface area (Å²) in [6.45, 7) is 5.23. The first-order valence-electron chi connectivity index (χ1n) is 11.5. The minimum Gasteiger partial charge on any atom is -0.833 e. The average molecular weight is 484 g/mol. The zero-order valence-electron chi connectivity index (χ0n) is 18.6. The van der Waals surface area contributed by atoms with Crippen LogP contribution in [0.1, 0.15) is 34.6 Å². The van der Waals surface area contributed by atoms with Crippen LogP contribution in [0.5, 0.6) is 0 Å². The number of hydrogen-bond donors (Lipinski definition) is 0. The van der Waals surface area contributed by atoms with Crippen molar-refractivity contribution in [2.45, 2.75) is 37.1 Å². The van der Waals surface area contributed by atoms with Gasteiger partial charge in [0.25, 0.3) is 0 Å². The van der Waals surface area contributed by atoms with E-state index in [0.29, 0.717) is 16.4 Å². The summed E-state index contributed by atoms with van der Waals surface area (Å²) in [6, 6.07) is 17.4. The third-order valence-corrected chi connectivity index (χ3v) is 9.22. The molecule has 5 nitrogen and oxygen atoms in total. The third-order valence-electron chi connectivity index (χ3n) is 7.28. The van der Waals surface area contributed by atoms with Gasteiger partial charge < -0.3 is 19.1 Å². The van der Waals surface area contributed by atoms with E-state index < -0.39 is 17.2 Å². The van der Waals surface area contributed by atoms with E-state index in [4.69, 9.17) is 9.47 Å². The highest BCUT2D eigenvalue weighted by Gasteiger charge is 2.52. The quantitative estimate of drug-likeness (QED) is 0.263. The molecule has 0 amide bonds. The smallest absolute Gasteiger partial charge is 0.306 e. The highest BCUT2D eigenvalue weighted by atomic mass is 32.1. The number of quaternary nitrogens is 1. The zero-order valence-corrected chi connectivity index (χ0v) is 20.2. The van der Waals surface area contributed by atoms with Gasteiger partial charge in [-0.1, -0.05) is 42.5 Å². The van der Waals surface area contributed by atoms with Gasteiger partial charge in [0.1, 0.15) is 12.1 Å². The molecule has 0 radical (unpaired) electrons. The van der Waals surface area contributed by atoms with Crippen LogP contribution in [0, 0.1) is 0 Å². The molecule has 6 rings (SSSR count). The van der Waals surface area contributed by atoms with Gasteiger partial charge in [0.2, 0.25) is 0 Å². The van der Waals surface area contributed by atoms with Crippen LogP contribution in [0.3, 0.4) is 0 Å². The zero-order chi connectivity index (χ0) is 22.8. The Kier molecular flexibility index (Phi) is 6.42. The first-order valence-corrected chi connectivity index (χ1v) is 13.3. The summed E-state index contributed by atoms with van der Waals surface area (Å²) in [7, 11) is 0. The number of thiophene rings is 2. The Balaban J connectivity index is 1.20. The van der Waals surface area contributed by atoms with E-state index >= 15 is 0 Å². The molecule has 3 aliphatic heterocycles. The Morgan fingerprint density at radius 1 is 0.939 bits per heavy atom. The number of rotatable bonds is 9. The second-order valence-electron chi connectivity index (χ2n) is 9.23. The maximum Gasteiger partial charge on any atom is 0.306 e. The highest BCUT2D eigenvalue weighted by Crippen LogP contribution is 2.42. The molecule has 33 heavy (non-hydrogen) atoms. The molecular weight excluding hydrogens is 454 g/mol. The SMILES string of the molecule is O=C(OC12CC[N+](CCOCc3ccccc3)(CC1)CC2)C([O-])(c1cccs1)c1cccs1. The van der Waals surface area contributed by atoms with Crippen molar-refractivity contribution in [3.05, 3.63) is 80.7 Å². The molecule has 3 aromatic rings. The number of carbonyl (C=O) groups is 1. The molecule has 1 aromatic carbocycles. The number of benzene rings is 1. The molecule has 2 aromatic heterocycles. The van der Waals surface area contributed by atoms with Gasteiger partial charge in [-0.3, -0.25) is 4.79 Å². The van der Waals surface area contributed by atoms with Crippen LogP contribution in [0.25, 0.3) is 0 Å². The van der Waals surface area contributed by atoms with Gasteiger partial charge in [0.15, 0.2) is 0 Å². The van der Waals surface area contributed by atoms with E-state index in [0.717, 1.165) is 56.5 Å².